The summed E-state index contributed by atoms with van der Waals surface area (Å²) < 4.78 is 1.01. The minimum Gasteiger partial charge on any atom is -0.478 e. The zero-order valence-electron chi connectivity index (χ0n) is 9.46. The van der Waals surface area contributed by atoms with Gasteiger partial charge < -0.3 is 5.11 Å². The predicted octanol–water partition coefficient (Wildman–Crippen LogP) is 4.03. The van der Waals surface area contributed by atoms with Crippen LogP contribution in [0.5, 0.6) is 0 Å². The van der Waals surface area contributed by atoms with Gasteiger partial charge in [-0.05, 0) is 36.1 Å². The van der Waals surface area contributed by atoms with E-state index in [9.17, 15) is 4.79 Å². The van der Waals surface area contributed by atoms with Crippen molar-refractivity contribution < 1.29 is 9.90 Å². The fraction of sp³-hybridized carbons (Fsp3) is 0.308. The molecule has 2 nitrogen and oxygen atoms in total. The molecule has 0 amide bonds. The molecular formula is C13H15BrO2. The van der Waals surface area contributed by atoms with Crippen molar-refractivity contribution >= 4 is 27.5 Å². The zero-order chi connectivity index (χ0) is 12.1. The van der Waals surface area contributed by atoms with Crippen molar-refractivity contribution in [2.75, 3.05) is 0 Å². The molecule has 1 aromatic carbocycles. The number of allylic oxidation sites excluding steroid dienone is 1. The molecule has 0 aliphatic carbocycles. The highest BCUT2D eigenvalue weighted by Gasteiger charge is 2.08. The molecule has 86 valence electrons. The van der Waals surface area contributed by atoms with Gasteiger partial charge in [0.05, 0.1) is 0 Å². The van der Waals surface area contributed by atoms with Crippen LogP contribution in [0.4, 0.5) is 0 Å². The van der Waals surface area contributed by atoms with Crippen molar-refractivity contribution in [1.82, 2.24) is 0 Å². The Balaban J connectivity index is 3.21. The SMILES string of the molecule is CCC/C(=C\C(=O)O)c1cccc(Br)c1C. The van der Waals surface area contributed by atoms with E-state index < -0.39 is 5.97 Å². The van der Waals surface area contributed by atoms with Crippen LogP contribution in [0.1, 0.15) is 30.9 Å². The molecule has 1 aromatic rings. The molecule has 0 radical (unpaired) electrons. The number of benzene rings is 1. The highest BCUT2D eigenvalue weighted by Crippen LogP contribution is 2.27. The van der Waals surface area contributed by atoms with Gasteiger partial charge in [0, 0.05) is 10.5 Å². The second-order valence-corrected chi connectivity index (χ2v) is 4.52. The highest BCUT2D eigenvalue weighted by molar-refractivity contribution is 9.10. The zero-order valence-corrected chi connectivity index (χ0v) is 11.0. The monoisotopic (exact) mass is 282 g/mol. The van der Waals surface area contributed by atoms with Gasteiger partial charge in [0.25, 0.3) is 0 Å². The average molecular weight is 283 g/mol. The molecule has 0 bridgehead atoms. The molecule has 0 heterocycles. The van der Waals surface area contributed by atoms with Crippen molar-refractivity contribution in [3.8, 4) is 0 Å². The maximum atomic E-state index is 10.8. The van der Waals surface area contributed by atoms with E-state index in [0.29, 0.717) is 0 Å². The summed E-state index contributed by atoms with van der Waals surface area (Å²) in [6.07, 6.45) is 3.02. The van der Waals surface area contributed by atoms with Gasteiger partial charge in [-0.1, -0.05) is 41.4 Å². The maximum Gasteiger partial charge on any atom is 0.328 e. The van der Waals surface area contributed by atoms with Gasteiger partial charge in [-0.25, -0.2) is 4.79 Å². The molecule has 0 saturated heterocycles. The van der Waals surface area contributed by atoms with Crippen LogP contribution in [0, 0.1) is 6.92 Å². The molecule has 0 saturated carbocycles. The molecule has 0 aliphatic heterocycles. The molecule has 1 rings (SSSR count). The molecule has 0 spiro atoms. The quantitative estimate of drug-likeness (QED) is 0.847. The maximum absolute atomic E-state index is 10.8. The van der Waals surface area contributed by atoms with Gasteiger partial charge in [-0.15, -0.1) is 0 Å². The van der Waals surface area contributed by atoms with Crippen LogP contribution in [-0.4, -0.2) is 11.1 Å². The van der Waals surface area contributed by atoms with Gasteiger partial charge in [0.15, 0.2) is 0 Å². The van der Waals surface area contributed by atoms with Crippen molar-refractivity contribution in [3.63, 3.8) is 0 Å². The third kappa shape index (κ3) is 3.20. The lowest BCUT2D eigenvalue weighted by Gasteiger charge is -2.10. The van der Waals surface area contributed by atoms with Gasteiger partial charge in [0.1, 0.15) is 0 Å². The molecule has 1 N–H and O–H groups in total. The molecule has 0 aliphatic rings. The van der Waals surface area contributed by atoms with Crippen molar-refractivity contribution in [2.45, 2.75) is 26.7 Å². The third-order valence-corrected chi connectivity index (χ3v) is 3.29. The Kier molecular flexibility index (Phi) is 4.74. The molecule has 0 unspecified atom stereocenters. The molecule has 0 fully saturated rings. The summed E-state index contributed by atoms with van der Waals surface area (Å²) in [5.74, 6) is -0.886. The standard InChI is InChI=1S/C13H15BrO2/c1-3-5-10(8-13(15)16)11-6-4-7-12(14)9(11)2/h4,6-8H,3,5H2,1-2H3,(H,15,16)/b10-8+. The number of hydrogen-bond donors (Lipinski definition) is 1. The van der Waals surface area contributed by atoms with Crippen molar-refractivity contribution in [3.05, 3.63) is 39.9 Å². The fourth-order valence-electron chi connectivity index (χ4n) is 1.66. The number of rotatable bonds is 4. The Hall–Kier alpha value is -1.09. The Bertz CT molecular complexity index is 422. The van der Waals surface area contributed by atoms with E-state index >= 15 is 0 Å². The largest absolute Gasteiger partial charge is 0.478 e. The average Bonchev–Trinajstić information content (AvgIpc) is 2.21. The number of carboxylic acids is 1. The van der Waals surface area contributed by atoms with E-state index in [1.165, 1.54) is 6.08 Å². The van der Waals surface area contributed by atoms with E-state index in [2.05, 4.69) is 15.9 Å². The first kappa shape index (κ1) is 13.0. The van der Waals surface area contributed by atoms with Gasteiger partial charge in [-0.3, -0.25) is 0 Å². The van der Waals surface area contributed by atoms with E-state index in [4.69, 9.17) is 5.11 Å². The summed E-state index contributed by atoms with van der Waals surface area (Å²) in [4.78, 5) is 10.8. The molecule has 3 heteroatoms. The van der Waals surface area contributed by atoms with Crippen molar-refractivity contribution in [2.24, 2.45) is 0 Å². The molecular weight excluding hydrogens is 268 g/mol. The van der Waals surface area contributed by atoms with Crippen LogP contribution in [0.25, 0.3) is 5.57 Å². The lowest BCUT2D eigenvalue weighted by molar-refractivity contribution is -0.131. The molecule has 0 aromatic heterocycles. The van der Waals surface area contributed by atoms with Crippen LogP contribution in [0.2, 0.25) is 0 Å². The lowest BCUT2D eigenvalue weighted by atomic mass is 9.97. The Morgan fingerprint density at radius 1 is 1.50 bits per heavy atom. The molecule has 0 atom stereocenters. The highest BCUT2D eigenvalue weighted by atomic mass is 79.9. The summed E-state index contributed by atoms with van der Waals surface area (Å²) in [6, 6.07) is 5.85. The number of halogens is 1. The van der Waals surface area contributed by atoms with Crippen LogP contribution >= 0.6 is 15.9 Å². The summed E-state index contributed by atoms with van der Waals surface area (Å²) in [5.41, 5.74) is 2.98. The minimum atomic E-state index is -0.886. The second-order valence-electron chi connectivity index (χ2n) is 3.67. The smallest absolute Gasteiger partial charge is 0.328 e. The van der Waals surface area contributed by atoms with Crippen LogP contribution < -0.4 is 0 Å². The van der Waals surface area contributed by atoms with Crippen molar-refractivity contribution in [1.29, 1.82) is 0 Å². The van der Waals surface area contributed by atoms with E-state index in [1.54, 1.807) is 0 Å². The number of aliphatic carboxylic acids is 1. The first-order valence-corrected chi connectivity index (χ1v) is 6.04. The van der Waals surface area contributed by atoms with Gasteiger partial charge in [-0.2, -0.15) is 0 Å². The second kappa shape index (κ2) is 5.85. The van der Waals surface area contributed by atoms with E-state index in [1.807, 2.05) is 32.0 Å². The summed E-state index contributed by atoms with van der Waals surface area (Å²) in [5, 5.41) is 8.84. The number of carboxylic acid groups (broad SMARTS) is 1. The van der Waals surface area contributed by atoms with Crippen LogP contribution in [0.3, 0.4) is 0 Å². The third-order valence-electron chi connectivity index (χ3n) is 2.43. The van der Waals surface area contributed by atoms with Crippen LogP contribution in [-0.2, 0) is 4.79 Å². The topological polar surface area (TPSA) is 37.3 Å². The normalized spacial score (nSPS) is 11.6. The minimum absolute atomic E-state index is 0.781. The summed E-state index contributed by atoms with van der Waals surface area (Å²) in [6.45, 7) is 4.04. The van der Waals surface area contributed by atoms with Gasteiger partial charge in [0.2, 0.25) is 0 Å². The summed E-state index contributed by atoms with van der Waals surface area (Å²) >= 11 is 3.46. The Morgan fingerprint density at radius 3 is 2.75 bits per heavy atom. The Labute approximate surface area is 104 Å². The number of carbonyl (C=O) groups is 1. The first-order chi connectivity index (χ1) is 7.56. The molecule has 16 heavy (non-hydrogen) atoms. The Morgan fingerprint density at radius 2 is 2.19 bits per heavy atom. The first-order valence-electron chi connectivity index (χ1n) is 5.25. The van der Waals surface area contributed by atoms with Crippen LogP contribution in [0.15, 0.2) is 28.7 Å². The number of hydrogen-bond acceptors (Lipinski definition) is 1. The van der Waals surface area contributed by atoms with E-state index in [-0.39, 0.29) is 0 Å². The lowest BCUT2D eigenvalue weighted by Crippen LogP contribution is -1.95. The summed E-state index contributed by atoms with van der Waals surface area (Å²) in [7, 11) is 0. The fourth-order valence-corrected chi connectivity index (χ4v) is 2.02. The van der Waals surface area contributed by atoms with E-state index in [0.717, 1.165) is 34.0 Å². The predicted molar refractivity (Wildman–Crippen MR) is 69.4 cm³/mol. The van der Waals surface area contributed by atoms with Gasteiger partial charge >= 0.3 is 5.97 Å².